The third-order valence-electron chi connectivity index (χ3n) is 1.03. The Bertz CT molecular complexity index is 232. The fourth-order valence-electron chi connectivity index (χ4n) is 0.370. The summed E-state index contributed by atoms with van der Waals surface area (Å²) in [5.74, 6) is 5.28. The normalized spacial score (nSPS) is 12.0. The van der Waals surface area contributed by atoms with Crippen molar-refractivity contribution in [2.75, 3.05) is 0 Å². The molecule has 0 heterocycles. The van der Waals surface area contributed by atoms with Crippen LogP contribution in [-0.2, 0) is 26.4 Å². The fraction of sp³-hybridized carbons (Fsp3) is 0.250. The summed E-state index contributed by atoms with van der Waals surface area (Å²) >= 11 is 0. The van der Waals surface area contributed by atoms with Crippen LogP contribution in [0.3, 0.4) is 0 Å². The van der Waals surface area contributed by atoms with Crippen LogP contribution in [0.1, 0.15) is 6.92 Å². The van der Waals surface area contributed by atoms with E-state index in [1.54, 1.807) is 6.92 Å². The van der Waals surface area contributed by atoms with Crippen molar-refractivity contribution in [3.05, 3.63) is 12.2 Å². The Morgan fingerprint density at radius 1 is 1.27 bits per heavy atom. The van der Waals surface area contributed by atoms with Crippen molar-refractivity contribution in [1.82, 2.24) is 0 Å². The quantitative estimate of drug-likeness (QED) is 0.469. The van der Waals surface area contributed by atoms with E-state index >= 15 is 0 Å². The first-order valence-corrected chi connectivity index (χ1v) is 2.60. The van der Waals surface area contributed by atoms with Crippen LogP contribution in [0.25, 0.3) is 0 Å². The summed E-state index contributed by atoms with van der Waals surface area (Å²) < 4.78 is 0. The molecule has 0 N–H and O–H groups in total. The average molecular weight is 193 g/mol. The summed E-state index contributed by atoms with van der Waals surface area (Å²) in [6.45, 7) is 1.54. The zero-order valence-electron chi connectivity index (χ0n) is 5.88. The SMILES string of the molecule is C#CC(C)(C=C=O)C=C=O.[Co]. The minimum atomic E-state index is -0.927. The second kappa shape index (κ2) is 5.73. The summed E-state index contributed by atoms with van der Waals surface area (Å²) in [6, 6.07) is 0. The number of hydrogen-bond acceptors (Lipinski definition) is 2. The van der Waals surface area contributed by atoms with Gasteiger partial charge in [0.25, 0.3) is 0 Å². The van der Waals surface area contributed by atoms with Crippen molar-refractivity contribution >= 4 is 11.9 Å². The first-order chi connectivity index (χ1) is 4.68. The molecule has 0 unspecified atom stereocenters. The number of rotatable bonds is 2. The molecule has 0 rings (SSSR count). The van der Waals surface area contributed by atoms with Crippen LogP contribution in [0.4, 0.5) is 0 Å². The Kier molecular flexibility index (Phi) is 6.58. The van der Waals surface area contributed by atoms with Crippen molar-refractivity contribution in [3.8, 4) is 12.3 Å². The Morgan fingerprint density at radius 2 is 1.64 bits per heavy atom. The van der Waals surface area contributed by atoms with Gasteiger partial charge in [0, 0.05) is 28.9 Å². The fourth-order valence-corrected chi connectivity index (χ4v) is 0.370. The maximum absolute atomic E-state index is 9.83. The van der Waals surface area contributed by atoms with Crippen LogP contribution < -0.4 is 0 Å². The summed E-state index contributed by atoms with van der Waals surface area (Å²) in [7, 11) is 0. The first-order valence-electron chi connectivity index (χ1n) is 2.60. The molecule has 0 bridgehead atoms. The van der Waals surface area contributed by atoms with Crippen LogP contribution >= 0.6 is 0 Å². The summed E-state index contributed by atoms with van der Waals surface area (Å²) in [5.41, 5.74) is -0.927. The second-order valence-electron chi connectivity index (χ2n) is 1.95. The minimum absolute atomic E-state index is 0. The molecule has 2 nitrogen and oxygen atoms in total. The van der Waals surface area contributed by atoms with Gasteiger partial charge in [0.1, 0.15) is 11.9 Å². The van der Waals surface area contributed by atoms with E-state index < -0.39 is 5.41 Å². The maximum Gasteiger partial charge on any atom is 0.121 e. The van der Waals surface area contributed by atoms with E-state index in [-0.39, 0.29) is 16.8 Å². The summed E-state index contributed by atoms with van der Waals surface area (Å²) in [6.07, 6.45) is 7.20. The Morgan fingerprint density at radius 3 is 1.82 bits per heavy atom. The summed E-state index contributed by atoms with van der Waals surface area (Å²) in [5, 5.41) is 0. The maximum atomic E-state index is 9.83. The largest absolute Gasteiger partial charge is 0.234 e. The molecule has 0 fully saturated rings. The molecule has 3 heteroatoms. The molecule has 0 saturated heterocycles. The van der Waals surface area contributed by atoms with Crippen LogP contribution in [0.15, 0.2) is 12.2 Å². The van der Waals surface area contributed by atoms with Gasteiger partial charge >= 0.3 is 0 Å². The van der Waals surface area contributed by atoms with E-state index in [9.17, 15) is 9.59 Å². The number of carbonyl (C=O) groups excluding carboxylic acids is 2. The summed E-state index contributed by atoms with van der Waals surface area (Å²) in [4.78, 5) is 19.7. The Hall–Kier alpha value is -1.03. The van der Waals surface area contributed by atoms with Gasteiger partial charge in [-0.25, -0.2) is 9.59 Å². The van der Waals surface area contributed by atoms with Crippen molar-refractivity contribution in [2.45, 2.75) is 6.92 Å². The van der Waals surface area contributed by atoms with Gasteiger partial charge in [-0.3, -0.25) is 0 Å². The molecule has 0 aliphatic carbocycles. The van der Waals surface area contributed by atoms with Gasteiger partial charge in [-0.2, -0.15) is 0 Å². The van der Waals surface area contributed by atoms with Gasteiger partial charge in [-0.15, -0.1) is 6.42 Å². The average Bonchev–Trinajstić information content (AvgIpc) is 1.89. The van der Waals surface area contributed by atoms with E-state index in [0.717, 1.165) is 12.2 Å². The van der Waals surface area contributed by atoms with E-state index in [4.69, 9.17) is 6.42 Å². The molecule has 0 saturated carbocycles. The van der Waals surface area contributed by atoms with Crippen molar-refractivity contribution in [2.24, 2.45) is 5.41 Å². The van der Waals surface area contributed by atoms with Gasteiger partial charge in [0.15, 0.2) is 0 Å². The minimum Gasteiger partial charge on any atom is -0.234 e. The molecule has 1 radical (unpaired) electrons. The predicted molar refractivity (Wildman–Crippen MR) is 37.5 cm³/mol. The molecule has 11 heavy (non-hydrogen) atoms. The number of hydrogen-bond donors (Lipinski definition) is 0. The molecule has 0 aromatic carbocycles. The molecule has 0 atom stereocenters. The molecule has 0 aliphatic heterocycles. The molecular weight excluding hydrogens is 187 g/mol. The molecule has 0 aromatic heterocycles. The first kappa shape index (κ1) is 12.6. The van der Waals surface area contributed by atoms with Gasteiger partial charge in [0.2, 0.25) is 0 Å². The van der Waals surface area contributed by atoms with E-state index in [1.807, 2.05) is 0 Å². The molecule has 0 amide bonds. The number of allylic oxidation sites excluding steroid dienone is 2. The van der Waals surface area contributed by atoms with Gasteiger partial charge in [-0.1, -0.05) is 5.92 Å². The van der Waals surface area contributed by atoms with E-state index in [1.165, 1.54) is 11.9 Å². The van der Waals surface area contributed by atoms with Crippen LogP contribution in [0, 0.1) is 17.8 Å². The van der Waals surface area contributed by atoms with Crippen molar-refractivity contribution in [3.63, 3.8) is 0 Å². The molecule has 0 aromatic rings. The Balaban J connectivity index is 0. The second-order valence-corrected chi connectivity index (χ2v) is 1.95. The van der Waals surface area contributed by atoms with Gasteiger partial charge in [-0.05, 0) is 6.92 Å². The predicted octanol–water partition coefficient (Wildman–Crippen LogP) is 0.399. The van der Waals surface area contributed by atoms with Crippen LogP contribution in [-0.4, -0.2) is 11.9 Å². The van der Waals surface area contributed by atoms with Crippen molar-refractivity contribution in [1.29, 1.82) is 0 Å². The van der Waals surface area contributed by atoms with E-state index in [2.05, 4.69) is 5.92 Å². The van der Waals surface area contributed by atoms with Gasteiger partial charge < -0.3 is 0 Å². The van der Waals surface area contributed by atoms with Crippen molar-refractivity contribution < 1.29 is 26.4 Å². The zero-order chi connectivity index (χ0) is 8.04. The monoisotopic (exact) mass is 193 g/mol. The third-order valence-corrected chi connectivity index (χ3v) is 1.03. The van der Waals surface area contributed by atoms with Crippen LogP contribution in [0.2, 0.25) is 0 Å². The van der Waals surface area contributed by atoms with E-state index in [0.29, 0.717) is 0 Å². The molecular formula is C8H6CoO2. The third kappa shape index (κ3) is 4.38. The zero-order valence-corrected chi connectivity index (χ0v) is 6.92. The molecule has 59 valence electrons. The Labute approximate surface area is 75.6 Å². The molecule has 0 aliphatic rings. The molecule has 0 spiro atoms. The smallest absolute Gasteiger partial charge is 0.121 e. The van der Waals surface area contributed by atoms with Gasteiger partial charge in [0.05, 0.1) is 5.41 Å². The topological polar surface area (TPSA) is 34.1 Å². The standard InChI is InChI=1S/C8H6O2.Co/c1-3-8(2,4-6-9)5-7-10;/h1,4-5H,2H3;. The van der Waals surface area contributed by atoms with Crippen LogP contribution in [0.5, 0.6) is 0 Å². The number of terminal acetylenes is 1.